The fourth-order valence-electron chi connectivity index (χ4n) is 2.18. The van der Waals surface area contributed by atoms with E-state index in [1.807, 2.05) is 0 Å². The number of nitrogens with zero attached hydrogens (tertiary/aromatic N) is 1. The Labute approximate surface area is 117 Å². The van der Waals surface area contributed by atoms with E-state index in [2.05, 4.69) is 18.7 Å². The highest BCUT2D eigenvalue weighted by Gasteiger charge is 2.23. The topological polar surface area (TPSA) is 69.6 Å². The molecule has 0 amide bonds. The molecule has 0 spiro atoms. The Bertz CT molecular complexity index is 327. The van der Waals surface area contributed by atoms with E-state index in [0.29, 0.717) is 25.4 Å². The molecule has 6 heteroatoms. The van der Waals surface area contributed by atoms with Crippen LogP contribution in [0.3, 0.4) is 0 Å². The molecule has 1 aliphatic heterocycles. The van der Waals surface area contributed by atoms with E-state index in [9.17, 15) is 8.42 Å². The number of rotatable bonds is 9. The molecule has 1 aliphatic rings. The number of aliphatic hydroxyl groups excluding tert-OH is 1. The maximum Gasteiger partial charge on any atom is 0.214 e. The lowest BCUT2D eigenvalue weighted by Crippen LogP contribution is -2.38. The molecule has 1 unspecified atom stereocenters. The van der Waals surface area contributed by atoms with Crippen molar-refractivity contribution in [3.63, 3.8) is 0 Å². The molecule has 1 radical (unpaired) electrons. The van der Waals surface area contributed by atoms with Gasteiger partial charge in [0.1, 0.15) is 0 Å². The fourth-order valence-corrected chi connectivity index (χ4v) is 3.72. The monoisotopic (exact) mass is 291 g/mol. The highest BCUT2D eigenvalue weighted by molar-refractivity contribution is 7.89. The molecule has 0 aromatic carbocycles. The van der Waals surface area contributed by atoms with Gasteiger partial charge in [-0.15, -0.1) is 0 Å². The van der Waals surface area contributed by atoms with E-state index in [-0.39, 0.29) is 12.4 Å². The second kappa shape index (κ2) is 8.89. The third-order valence-corrected chi connectivity index (χ3v) is 5.39. The third kappa shape index (κ3) is 6.70. The van der Waals surface area contributed by atoms with Crippen molar-refractivity contribution in [1.29, 1.82) is 0 Å². The van der Waals surface area contributed by atoms with Crippen molar-refractivity contribution in [2.75, 3.05) is 38.5 Å². The van der Waals surface area contributed by atoms with Crippen LogP contribution in [0.1, 0.15) is 32.6 Å². The Kier molecular flexibility index (Phi) is 7.90. The normalized spacial score (nSPS) is 19.5. The molecule has 5 nitrogen and oxygen atoms in total. The number of nitrogens with one attached hydrogen (secondary N) is 1. The maximum atomic E-state index is 12.0. The fraction of sp³-hybridized carbons (Fsp3) is 0.923. The zero-order chi connectivity index (χ0) is 14.1. The zero-order valence-corrected chi connectivity index (χ0v) is 12.7. The molecular weight excluding hydrogens is 264 g/mol. The zero-order valence-electron chi connectivity index (χ0n) is 11.8. The van der Waals surface area contributed by atoms with Gasteiger partial charge in [0, 0.05) is 19.7 Å². The van der Waals surface area contributed by atoms with Gasteiger partial charge in [-0.1, -0.05) is 6.92 Å². The van der Waals surface area contributed by atoms with Crippen LogP contribution in [0.4, 0.5) is 0 Å². The van der Waals surface area contributed by atoms with Crippen LogP contribution in [-0.2, 0) is 10.0 Å². The molecule has 113 valence electrons. The quantitative estimate of drug-likeness (QED) is 0.611. The second-order valence-corrected chi connectivity index (χ2v) is 7.34. The van der Waals surface area contributed by atoms with Crippen molar-refractivity contribution >= 4 is 10.0 Å². The molecule has 1 atom stereocenters. The van der Waals surface area contributed by atoms with Crippen LogP contribution < -0.4 is 5.32 Å². The van der Waals surface area contributed by atoms with Crippen LogP contribution in [0.5, 0.6) is 0 Å². The van der Waals surface area contributed by atoms with Crippen LogP contribution in [0.15, 0.2) is 0 Å². The van der Waals surface area contributed by atoms with Crippen molar-refractivity contribution in [1.82, 2.24) is 9.62 Å². The first-order chi connectivity index (χ1) is 9.06. The van der Waals surface area contributed by atoms with Gasteiger partial charge in [-0.3, -0.25) is 0 Å². The lowest BCUT2D eigenvalue weighted by atomic mass is 10.1. The van der Waals surface area contributed by atoms with Crippen molar-refractivity contribution in [3.8, 4) is 0 Å². The Morgan fingerprint density at radius 2 is 2.05 bits per heavy atom. The summed E-state index contributed by atoms with van der Waals surface area (Å²) in [6.07, 6.45) is 5.33. The van der Waals surface area contributed by atoms with E-state index in [0.717, 1.165) is 32.4 Å². The summed E-state index contributed by atoms with van der Waals surface area (Å²) >= 11 is 0. The summed E-state index contributed by atoms with van der Waals surface area (Å²) in [6, 6.07) is 0. The van der Waals surface area contributed by atoms with Gasteiger partial charge in [0.05, 0.1) is 5.75 Å². The van der Waals surface area contributed by atoms with Crippen molar-refractivity contribution in [2.24, 2.45) is 5.92 Å². The van der Waals surface area contributed by atoms with Gasteiger partial charge in [0.25, 0.3) is 0 Å². The van der Waals surface area contributed by atoms with E-state index >= 15 is 0 Å². The Morgan fingerprint density at radius 3 is 2.68 bits per heavy atom. The molecule has 2 N–H and O–H groups in total. The number of hydrogen-bond acceptors (Lipinski definition) is 4. The summed E-state index contributed by atoms with van der Waals surface area (Å²) < 4.78 is 25.7. The van der Waals surface area contributed by atoms with Gasteiger partial charge in [-0.2, -0.15) is 0 Å². The molecule has 1 fully saturated rings. The highest BCUT2D eigenvalue weighted by atomic mass is 32.2. The van der Waals surface area contributed by atoms with Crippen LogP contribution in [0.25, 0.3) is 0 Å². The van der Waals surface area contributed by atoms with Crippen molar-refractivity contribution < 1.29 is 13.5 Å². The first kappa shape index (κ1) is 16.9. The van der Waals surface area contributed by atoms with Crippen LogP contribution >= 0.6 is 0 Å². The van der Waals surface area contributed by atoms with Crippen molar-refractivity contribution in [3.05, 3.63) is 6.42 Å². The summed E-state index contributed by atoms with van der Waals surface area (Å²) in [4.78, 5) is 0. The number of piperidine rings is 1. The molecule has 1 heterocycles. The lowest BCUT2D eigenvalue weighted by Gasteiger charge is -2.25. The minimum absolute atomic E-state index is 0.212. The summed E-state index contributed by atoms with van der Waals surface area (Å²) in [5.74, 6) is 0.660. The summed E-state index contributed by atoms with van der Waals surface area (Å²) in [5, 5.41) is 12.0. The standard InChI is InChI=1S/C13H27N2O3S/c1-13(6-10-16)12-14-7-5-11-19(17,18)15-8-3-2-4-9-15/h2,13-14,16H,3-12H2,1H3. The number of aliphatic hydroxyl groups is 1. The molecule has 1 rings (SSSR count). The summed E-state index contributed by atoms with van der Waals surface area (Å²) in [6.45, 7) is 5.12. The molecule has 0 aromatic heterocycles. The molecule has 0 bridgehead atoms. The predicted octanol–water partition coefficient (Wildman–Crippen LogP) is 0.614. The predicted molar refractivity (Wildman–Crippen MR) is 77.2 cm³/mol. The molecule has 1 saturated heterocycles. The Balaban J connectivity index is 2.14. The third-order valence-electron chi connectivity index (χ3n) is 3.43. The largest absolute Gasteiger partial charge is 0.396 e. The van der Waals surface area contributed by atoms with Crippen molar-refractivity contribution in [2.45, 2.75) is 32.6 Å². The lowest BCUT2D eigenvalue weighted by molar-refractivity contribution is 0.260. The smallest absolute Gasteiger partial charge is 0.214 e. The highest BCUT2D eigenvalue weighted by Crippen LogP contribution is 2.13. The minimum Gasteiger partial charge on any atom is -0.396 e. The van der Waals surface area contributed by atoms with Crippen LogP contribution in [-0.4, -0.2) is 56.4 Å². The average molecular weight is 291 g/mol. The average Bonchev–Trinajstić information content (AvgIpc) is 2.39. The van der Waals surface area contributed by atoms with Gasteiger partial charge < -0.3 is 10.4 Å². The molecular formula is C13H27N2O3S. The SMILES string of the molecule is CC(CCO)CNCCCS(=O)(=O)N1CC[CH]CC1. The summed E-state index contributed by atoms with van der Waals surface area (Å²) in [7, 11) is -3.06. The van der Waals surface area contributed by atoms with E-state index < -0.39 is 10.0 Å². The Morgan fingerprint density at radius 1 is 1.37 bits per heavy atom. The molecule has 19 heavy (non-hydrogen) atoms. The maximum absolute atomic E-state index is 12.0. The minimum atomic E-state index is -3.06. The van der Waals surface area contributed by atoms with E-state index in [4.69, 9.17) is 5.11 Å². The van der Waals surface area contributed by atoms with Gasteiger partial charge in [0.15, 0.2) is 0 Å². The number of sulfonamides is 1. The summed E-state index contributed by atoms with van der Waals surface area (Å²) in [5.41, 5.74) is 0. The molecule has 0 saturated carbocycles. The van der Waals surface area contributed by atoms with Gasteiger partial charge >= 0.3 is 0 Å². The Hall–Kier alpha value is -0.170. The van der Waals surface area contributed by atoms with Gasteiger partial charge in [0.2, 0.25) is 10.0 Å². The van der Waals surface area contributed by atoms with E-state index in [1.54, 1.807) is 4.31 Å². The van der Waals surface area contributed by atoms with Gasteiger partial charge in [-0.25, -0.2) is 12.7 Å². The number of hydrogen-bond donors (Lipinski definition) is 2. The molecule has 0 aromatic rings. The second-order valence-electron chi connectivity index (χ2n) is 5.26. The first-order valence-electron chi connectivity index (χ1n) is 7.17. The first-order valence-corrected chi connectivity index (χ1v) is 8.78. The van der Waals surface area contributed by atoms with Crippen LogP contribution in [0, 0.1) is 12.3 Å². The van der Waals surface area contributed by atoms with E-state index in [1.165, 1.54) is 0 Å². The molecule has 0 aliphatic carbocycles. The van der Waals surface area contributed by atoms with Gasteiger partial charge in [-0.05, 0) is 51.1 Å². The van der Waals surface area contributed by atoms with Crippen LogP contribution in [0.2, 0.25) is 0 Å².